The highest BCUT2D eigenvalue weighted by molar-refractivity contribution is 6.51. The molecule has 0 bridgehead atoms. The summed E-state index contributed by atoms with van der Waals surface area (Å²) in [6, 6.07) is 0. The zero-order valence-electron chi connectivity index (χ0n) is 15.6. The first-order valence-electron chi connectivity index (χ1n) is 8.70. The number of ether oxygens (including phenoxy) is 1. The lowest BCUT2D eigenvalue weighted by Gasteiger charge is -2.33. The molecule has 0 spiro atoms. The molecule has 2 heterocycles. The van der Waals surface area contributed by atoms with Gasteiger partial charge in [0.15, 0.2) is 0 Å². The fourth-order valence-corrected chi connectivity index (χ4v) is 3.63. The van der Waals surface area contributed by atoms with Crippen LogP contribution in [0.1, 0.15) is 61.3 Å². The van der Waals surface area contributed by atoms with Crippen molar-refractivity contribution in [2.75, 3.05) is 13.1 Å². The predicted molar refractivity (Wildman–Crippen MR) is 89.3 cm³/mol. The predicted octanol–water partition coefficient (Wildman–Crippen LogP) is 3.48. The highest BCUT2D eigenvalue weighted by Crippen LogP contribution is 2.69. The van der Waals surface area contributed by atoms with Crippen molar-refractivity contribution in [3.05, 3.63) is 0 Å². The maximum atomic E-state index is 12.3. The normalized spacial score (nSPS) is 35.0. The molecule has 0 aromatic carbocycles. The Labute approximate surface area is 140 Å². The Balaban J connectivity index is 1.62. The van der Waals surface area contributed by atoms with Crippen LogP contribution in [0.2, 0.25) is 5.31 Å². The number of carbonyl (C=O) groups excluding carboxylic acids is 1. The van der Waals surface area contributed by atoms with Gasteiger partial charge in [0.2, 0.25) is 0 Å². The number of hydrogen-bond acceptors (Lipinski definition) is 4. The Bertz CT molecular complexity index is 497. The molecule has 1 saturated carbocycles. The van der Waals surface area contributed by atoms with E-state index in [9.17, 15) is 4.79 Å². The monoisotopic (exact) mass is 323 g/mol. The van der Waals surface area contributed by atoms with Gasteiger partial charge in [-0.1, -0.05) is 0 Å². The Kier molecular flexibility index (Phi) is 3.63. The van der Waals surface area contributed by atoms with Crippen molar-refractivity contribution in [3.63, 3.8) is 0 Å². The van der Waals surface area contributed by atoms with Gasteiger partial charge in [-0.2, -0.15) is 0 Å². The van der Waals surface area contributed by atoms with Crippen molar-refractivity contribution in [1.29, 1.82) is 0 Å². The summed E-state index contributed by atoms with van der Waals surface area (Å²) in [6.45, 7) is 15.6. The number of likely N-dealkylation sites (tertiary alicyclic amines) is 1. The molecule has 5 nitrogen and oxygen atoms in total. The number of carbonyl (C=O) groups is 1. The van der Waals surface area contributed by atoms with Crippen molar-refractivity contribution in [2.45, 2.75) is 83.4 Å². The van der Waals surface area contributed by atoms with Crippen LogP contribution in [-0.4, -0.2) is 48.0 Å². The molecule has 130 valence electrons. The van der Waals surface area contributed by atoms with Crippen LogP contribution in [0.4, 0.5) is 4.79 Å². The van der Waals surface area contributed by atoms with Gasteiger partial charge >= 0.3 is 13.2 Å². The molecule has 2 atom stereocenters. The molecule has 3 aliphatic rings. The lowest BCUT2D eigenvalue weighted by molar-refractivity contribution is 0.00578. The Morgan fingerprint density at radius 2 is 1.74 bits per heavy atom. The highest BCUT2D eigenvalue weighted by Gasteiger charge is 2.70. The minimum Gasteiger partial charge on any atom is -0.444 e. The largest absolute Gasteiger partial charge is 0.464 e. The maximum Gasteiger partial charge on any atom is 0.464 e. The molecule has 23 heavy (non-hydrogen) atoms. The van der Waals surface area contributed by atoms with E-state index in [1.54, 1.807) is 0 Å². The molecule has 3 fully saturated rings. The summed E-state index contributed by atoms with van der Waals surface area (Å²) < 4.78 is 18.0. The van der Waals surface area contributed by atoms with E-state index < -0.39 is 5.60 Å². The van der Waals surface area contributed by atoms with Gasteiger partial charge in [-0.3, -0.25) is 0 Å². The van der Waals surface area contributed by atoms with E-state index in [0.29, 0.717) is 5.92 Å². The van der Waals surface area contributed by atoms with Gasteiger partial charge < -0.3 is 18.9 Å². The SMILES string of the molecule is CC(C)(C)OC(=O)N1CC[C@]2(B3OC(C)(C)C(C)(C)O3)C[C@@H]2C1. The minimum atomic E-state index is -0.444. The van der Waals surface area contributed by atoms with Crippen LogP contribution in [0.15, 0.2) is 0 Å². The van der Waals surface area contributed by atoms with Crippen LogP contribution in [0.5, 0.6) is 0 Å². The van der Waals surface area contributed by atoms with Crippen molar-refractivity contribution < 1.29 is 18.8 Å². The number of hydrogen-bond donors (Lipinski definition) is 0. The summed E-state index contributed by atoms with van der Waals surface area (Å²) in [7, 11) is -0.154. The number of piperidine rings is 1. The second-order valence-electron chi connectivity index (χ2n) is 9.40. The minimum absolute atomic E-state index is 0.0869. The van der Waals surface area contributed by atoms with E-state index >= 15 is 0 Å². The fraction of sp³-hybridized carbons (Fsp3) is 0.941. The van der Waals surface area contributed by atoms with E-state index in [2.05, 4.69) is 27.7 Å². The van der Waals surface area contributed by atoms with Crippen molar-refractivity contribution in [2.24, 2.45) is 5.92 Å². The standard InChI is InChI=1S/C17H30BNO4/c1-14(2,3)21-13(20)19-9-8-17(10-12(17)11-19)18-22-15(4,5)16(6,7)23-18/h12H,8-11H2,1-7H3/t12-,17+/m1/s1. The number of rotatable bonds is 1. The molecule has 2 aliphatic heterocycles. The number of fused-ring (bicyclic) bond motifs is 1. The Morgan fingerprint density at radius 3 is 2.22 bits per heavy atom. The molecule has 0 aromatic rings. The van der Waals surface area contributed by atoms with E-state index in [1.165, 1.54) is 0 Å². The van der Waals surface area contributed by atoms with Gasteiger partial charge in [0.1, 0.15) is 5.60 Å². The zero-order chi connectivity index (χ0) is 17.3. The third-order valence-corrected chi connectivity index (χ3v) is 5.94. The molecule has 0 N–H and O–H groups in total. The summed E-state index contributed by atoms with van der Waals surface area (Å²) in [5.41, 5.74) is -1.02. The summed E-state index contributed by atoms with van der Waals surface area (Å²) >= 11 is 0. The van der Waals surface area contributed by atoms with Crippen molar-refractivity contribution in [1.82, 2.24) is 4.90 Å². The fourth-order valence-electron chi connectivity index (χ4n) is 3.63. The van der Waals surface area contributed by atoms with Gasteiger partial charge in [-0.15, -0.1) is 0 Å². The maximum absolute atomic E-state index is 12.3. The first-order chi connectivity index (χ1) is 10.4. The summed E-state index contributed by atoms with van der Waals surface area (Å²) in [5.74, 6) is 0.457. The first-order valence-corrected chi connectivity index (χ1v) is 8.70. The second-order valence-corrected chi connectivity index (χ2v) is 9.40. The third-order valence-electron chi connectivity index (χ3n) is 5.94. The van der Waals surface area contributed by atoms with Gasteiger partial charge in [-0.05, 0) is 67.2 Å². The molecular formula is C17H30BNO4. The Hall–Kier alpha value is -0.745. The lowest BCUT2D eigenvalue weighted by atomic mass is 9.63. The smallest absolute Gasteiger partial charge is 0.444 e. The molecule has 6 heteroatoms. The molecule has 1 aliphatic carbocycles. The molecule has 3 rings (SSSR count). The quantitative estimate of drug-likeness (QED) is 0.693. The van der Waals surface area contributed by atoms with Crippen LogP contribution in [0.3, 0.4) is 0 Å². The van der Waals surface area contributed by atoms with Crippen LogP contribution >= 0.6 is 0 Å². The summed E-state index contributed by atoms with van der Waals surface area (Å²) in [5, 5.41) is 0.0869. The van der Waals surface area contributed by atoms with Crippen LogP contribution < -0.4 is 0 Å². The van der Waals surface area contributed by atoms with Crippen LogP contribution in [0, 0.1) is 5.92 Å². The second kappa shape index (κ2) is 4.88. The van der Waals surface area contributed by atoms with Gasteiger partial charge in [0.05, 0.1) is 11.2 Å². The lowest BCUT2D eigenvalue weighted by Crippen LogP contribution is -2.44. The van der Waals surface area contributed by atoms with E-state index in [1.807, 2.05) is 25.7 Å². The van der Waals surface area contributed by atoms with Gasteiger partial charge in [-0.25, -0.2) is 4.79 Å². The topological polar surface area (TPSA) is 48.0 Å². The third kappa shape index (κ3) is 2.89. The van der Waals surface area contributed by atoms with Crippen LogP contribution in [0.25, 0.3) is 0 Å². The molecule has 2 saturated heterocycles. The average Bonchev–Trinajstić information content (AvgIpc) is 3.04. The molecule has 0 aromatic heterocycles. The first kappa shape index (κ1) is 17.1. The van der Waals surface area contributed by atoms with E-state index in [-0.39, 0.29) is 29.7 Å². The van der Waals surface area contributed by atoms with Crippen molar-refractivity contribution in [3.8, 4) is 0 Å². The van der Waals surface area contributed by atoms with Crippen molar-refractivity contribution >= 4 is 13.2 Å². The summed E-state index contributed by atoms with van der Waals surface area (Å²) in [6.07, 6.45) is 1.79. The number of nitrogens with zero attached hydrogens (tertiary/aromatic N) is 1. The summed E-state index contributed by atoms with van der Waals surface area (Å²) in [4.78, 5) is 14.1. The average molecular weight is 323 g/mol. The van der Waals surface area contributed by atoms with Gasteiger partial charge in [0.25, 0.3) is 0 Å². The van der Waals surface area contributed by atoms with E-state index in [0.717, 1.165) is 25.9 Å². The number of amides is 1. The molecule has 1 amide bonds. The molecule has 0 radical (unpaired) electrons. The van der Waals surface area contributed by atoms with E-state index in [4.69, 9.17) is 14.0 Å². The molecule has 0 unspecified atom stereocenters. The zero-order valence-corrected chi connectivity index (χ0v) is 15.6. The highest BCUT2D eigenvalue weighted by atomic mass is 16.7. The Morgan fingerprint density at radius 1 is 1.17 bits per heavy atom. The molecular weight excluding hydrogens is 293 g/mol. The van der Waals surface area contributed by atoms with Gasteiger partial charge in [0, 0.05) is 18.4 Å². The van der Waals surface area contributed by atoms with Crippen LogP contribution in [-0.2, 0) is 14.0 Å².